The van der Waals surface area contributed by atoms with Gasteiger partial charge in [0.05, 0.1) is 0 Å². The molecule has 0 N–H and O–H groups in total. The van der Waals surface area contributed by atoms with Crippen molar-refractivity contribution in [2.45, 2.75) is 20.6 Å². The van der Waals surface area contributed by atoms with E-state index in [4.69, 9.17) is 69.6 Å². The van der Waals surface area contributed by atoms with Crippen LogP contribution in [0.1, 0.15) is 16.7 Å². The zero-order valence-corrected chi connectivity index (χ0v) is 11.4. The third-order valence-corrected chi connectivity index (χ3v) is 5.41. The molecular formula is C6H3Cl6N3. The van der Waals surface area contributed by atoms with Gasteiger partial charge in [-0.15, -0.1) is 33.4 Å². The van der Waals surface area contributed by atoms with Crippen molar-refractivity contribution in [2.75, 3.05) is 0 Å². The van der Waals surface area contributed by atoms with Crippen LogP contribution < -0.4 is 0 Å². The Morgan fingerprint density at radius 1 is 1.13 bits per heavy atom. The first-order valence-corrected chi connectivity index (χ1v) is 6.22. The molecule has 15 heavy (non-hydrogen) atoms. The van der Waals surface area contributed by atoms with Crippen LogP contribution in [0.3, 0.4) is 0 Å². The van der Waals surface area contributed by atoms with Gasteiger partial charge in [0.15, 0.2) is 10.2 Å². The Labute approximate surface area is 116 Å². The van der Waals surface area contributed by atoms with Gasteiger partial charge in [-0.1, -0.05) is 34.8 Å². The summed E-state index contributed by atoms with van der Waals surface area (Å²) in [7, 11) is 0. The Morgan fingerprint density at radius 2 is 1.73 bits per heavy atom. The lowest BCUT2D eigenvalue weighted by Gasteiger charge is -2.37. The van der Waals surface area contributed by atoms with E-state index < -0.39 is 20.6 Å². The fourth-order valence-electron chi connectivity index (χ4n) is 1.31. The SMILES string of the molecule is Clc1nnc2n1C(Cl)C(Cl)C(Cl)(Cl)C2Cl. The number of rotatable bonds is 0. The predicted molar refractivity (Wildman–Crippen MR) is 62.6 cm³/mol. The van der Waals surface area contributed by atoms with Crippen LogP contribution in [0.4, 0.5) is 0 Å². The van der Waals surface area contributed by atoms with Crippen molar-refractivity contribution in [3.63, 3.8) is 0 Å². The van der Waals surface area contributed by atoms with E-state index in [0.29, 0.717) is 5.82 Å². The maximum atomic E-state index is 6.03. The summed E-state index contributed by atoms with van der Waals surface area (Å²) in [6.45, 7) is 0. The molecule has 1 aromatic rings. The minimum Gasteiger partial charge on any atom is -0.281 e. The van der Waals surface area contributed by atoms with Gasteiger partial charge >= 0.3 is 0 Å². The summed E-state index contributed by atoms with van der Waals surface area (Å²) in [5.41, 5.74) is -0.742. The fraction of sp³-hybridized carbons (Fsp3) is 0.667. The molecule has 0 aliphatic carbocycles. The van der Waals surface area contributed by atoms with Gasteiger partial charge in [-0.3, -0.25) is 4.57 Å². The van der Waals surface area contributed by atoms with Gasteiger partial charge in [0.2, 0.25) is 5.28 Å². The van der Waals surface area contributed by atoms with E-state index >= 15 is 0 Å². The molecule has 0 saturated carbocycles. The van der Waals surface area contributed by atoms with E-state index in [1.807, 2.05) is 0 Å². The topological polar surface area (TPSA) is 30.7 Å². The molecule has 0 aromatic carbocycles. The van der Waals surface area contributed by atoms with Crippen molar-refractivity contribution in [2.24, 2.45) is 0 Å². The van der Waals surface area contributed by atoms with E-state index in [1.165, 1.54) is 4.57 Å². The average molecular weight is 330 g/mol. The van der Waals surface area contributed by atoms with Gasteiger partial charge in [0.1, 0.15) is 16.3 Å². The van der Waals surface area contributed by atoms with Gasteiger partial charge < -0.3 is 0 Å². The number of fused-ring (bicyclic) bond motifs is 1. The van der Waals surface area contributed by atoms with Gasteiger partial charge in [0, 0.05) is 0 Å². The molecule has 1 aliphatic rings. The van der Waals surface area contributed by atoms with Crippen LogP contribution in [0.2, 0.25) is 5.28 Å². The van der Waals surface area contributed by atoms with E-state index in [1.54, 1.807) is 0 Å². The third kappa shape index (κ3) is 1.72. The summed E-state index contributed by atoms with van der Waals surface area (Å²) in [5, 5.41) is 5.87. The number of nitrogens with zero attached hydrogens (tertiary/aromatic N) is 3. The van der Waals surface area contributed by atoms with Crippen molar-refractivity contribution < 1.29 is 0 Å². The molecule has 1 aliphatic heterocycles. The van der Waals surface area contributed by atoms with Crippen molar-refractivity contribution in [1.29, 1.82) is 0 Å². The summed E-state index contributed by atoms with van der Waals surface area (Å²) in [4.78, 5) is 0. The molecule has 0 saturated heterocycles. The number of hydrogen-bond donors (Lipinski definition) is 0. The van der Waals surface area contributed by atoms with Crippen LogP contribution in [0.15, 0.2) is 0 Å². The normalized spacial score (nSPS) is 33.9. The Hall–Kier alpha value is 0.880. The molecule has 3 unspecified atom stereocenters. The van der Waals surface area contributed by atoms with Gasteiger partial charge in [-0.2, -0.15) is 0 Å². The zero-order chi connectivity index (χ0) is 11.4. The Morgan fingerprint density at radius 3 is 2.33 bits per heavy atom. The van der Waals surface area contributed by atoms with Crippen molar-refractivity contribution in [3.8, 4) is 0 Å². The minimum absolute atomic E-state index is 0.102. The van der Waals surface area contributed by atoms with E-state index in [2.05, 4.69) is 10.2 Å². The van der Waals surface area contributed by atoms with Crippen LogP contribution in [0, 0.1) is 0 Å². The maximum Gasteiger partial charge on any atom is 0.226 e. The molecule has 2 rings (SSSR count). The number of aromatic nitrogens is 3. The monoisotopic (exact) mass is 327 g/mol. The summed E-state index contributed by atoms with van der Waals surface area (Å²) in [5.74, 6) is 0.309. The largest absolute Gasteiger partial charge is 0.281 e. The van der Waals surface area contributed by atoms with E-state index in [9.17, 15) is 0 Å². The van der Waals surface area contributed by atoms with Crippen LogP contribution in [-0.4, -0.2) is 24.5 Å². The van der Waals surface area contributed by atoms with Crippen molar-refractivity contribution in [3.05, 3.63) is 11.1 Å². The Balaban J connectivity index is 2.59. The lowest BCUT2D eigenvalue weighted by Crippen LogP contribution is -2.42. The second-order valence-electron chi connectivity index (χ2n) is 3.01. The fourth-order valence-corrected chi connectivity index (χ4v) is 3.13. The molecule has 84 valence electrons. The Kier molecular flexibility index (Phi) is 3.26. The first kappa shape index (κ1) is 12.3. The van der Waals surface area contributed by atoms with Gasteiger partial charge in [-0.25, -0.2) is 0 Å². The predicted octanol–water partition coefficient (Wildman–Crippen LogP) is 3.74. The number of hydrogen-bond acceptors (Lipinski definition) is 2. The number of alkyl halides is 5. The highest BCUT2D eigenvalue weighted by atomic mass is 35.5. The maximum absolute atomic E-state index is 6.03. The molecule has 0 bridgehead atoms. The van der Waals surface area contributed by atoms with Crippen LogP contribution in [0.5, 0.6) is 0 Å². The molecule has 0 spiro atoms. The lowest BCUT2D eigenvalue weighted by molar-refractivity contribution is 0.477. The van der Waals surface area contributed by atoms with E-state index in [-0.39, 0.29) is 5.28 Å². The molecule has 3 nitrogen and oxygen atoms in total. The molecule has 9 heteroatoms. The summed E-state index contributed by atoms with van der Waals surface area (Å²) in [6, 6.07) is 0. The summed E-state index contributed by atoms with van der Waals surface area (Å²) >= 11 is 35.8. The summed E-state index contributed by atoms with van der Waals surface area (Å²) in [6.07, 6.45) is 0. The summed E-state index contributed by atoms with van der Waals surface area (Å²) < 4.78 is -0.0106. The molecule has 1 aromatic heterocycles. The lowest BCUT2D eigenvalue weighted by atomic mass is 10.1. The Bertz CT molecular complexity index is 390. The third-order valence-electron chi connectivity index (χ3n) is 2.10. The zero-order valence-electron chi connectivity index (χ0n) is 6.84. The molecule has 0 amide bonds. The van der Waals surface area contributed by atoms with Crippen LogP contribution in [-0.2, 0) is 0 Å². The molecular weight excluding hydrogens is 327 g/mol. The highest BCUT2D eigenvalue weighted by Crippen LogP contribution is 2.53. The smallest absolute Gasteiger partial charge is 0.226 e. The molecule has 0 fully saturated rings. The first-order valence-electron chi connectivity index (χ1n) is 3.77. The van der Waals surface area contributed by atoms with Gasteiger partial charge in [-0.05, 0) is 11.6 Å². The number of halogens is 6. The highest BCUT2D eigenvalue weighted by molar-refractivity contribution is 6.56. The standard InChI is InChI=1S/C6H3Cl6N3/c7-1-3(9)15-4(13-14-5(15)10)2(8)6(1,11)12/h1-3H. The second-order valence-corrected chi connectivity index (χ2v) is 6.14. The van der Waals surface area contributed by atoms with E-state index in [0.717, 1.165) is 0 Å². The quantitative estimate of drug-likeness (QED) is 0.679. The van der Waals surface area contributed by atoms with Crippen molar-refractivity contribution in [1.82, 2.24) is 14.8 Å². The van der Waals surface area contributed by atoms with Crippen LogP contribution in [0.25, 0.3) is 0 Å². The first-order chi connectivity index (χ1) is 6.87. The van der Waals surface area contributed by atoms with Crippen molar-refractivity contribution >= 4 is 69.6 Å². The minimum atomic E-state index is -1.41. The van der Waals surface area contributed by atoms with Gasteiger partial charge in [0.25, 0.3) is 0 Å². The molecule has 3 atom stereocenters. The second kappa shape index (κ2) is 3.97. The molecule has 2 heterocycles. The highest BCUT2D eigenvalue weighted by Gasteiger charge is 2.52. The average Bonchev–Trinajstić information content (AvgIpc) is 2.55. The molecule has 0 radical (unpaired) electrons. The van der Waals surface area contributed by atoms with Crippen LogP contribution >= 0.6 is 69.6 Å².